The van der Waals surface area contributed by atoms with Crippen molar-refractivity contribution in [1.29, 1.82) is 0 Å². The first kappa shape index (κ1) is 11.3. The molecule has 0 amide bonds. The van der Waals surface area contributed by atoms with Gasteiger partial charge in [0.15, 0.2) is 5.82 Å². The van der Waals surface area contributed by atoms with Crippen molar-refractivity contribution in [3.05, 3.63) is 42.1 Å². The summed E-state index contributed by atoms with van der Waals surface area (Å²) in [5, 5.41) is 9.97. The minimum absolute atomic E-state index is 0.00357. The fourth-order valence-corrected chi connectivity index (χ4v) is 2.31. The molecule has 20 heavy (non-hydrogen) atoms. The quantitative estimate of drug-likeness (QED) is 0.777. The summed E-state index contributed by atoms with van der Waals surface area (Å²) >= 11 is 0. The van der Waals surface area contributed by atoms with Crippen molar-refractivity contribution < 1.29 is 9.50 Å². The number of aromatic hydroxyl groups is 1. The molecule has 5 nitrogen and oxygen atoms in total. The second-order valence-electron chi connectivity index (χ2n) is 4.97. The summed E-state index contributed by atoms with van der Waals surface area (Å²) in [4.78, 5) is 12.6. The summed E-state index contributed by atoms with van der Waals surface area (Å²) in [6.45, 7) is 0. The number of pyridine rings is 1. The lowest BCUT2D eigenvalue weighted by atomic mass is 10.2. The van der Waals surface area contributed by atoms with Gasteiger partial charge in [-0.05, 0) is 30.9 Å². The van der Waals surface area contributed by atoms with E-state index in [9.17, 15) is 9.50 Å². The van der Waals surface area contributed by atoms with E-state index < -0.39 is 0 Å². The van der Waals surface area contributed by atoms with Crippen LogP contribution in [-0.4, -0.2) is 24.5 Å². The van der Waals surface area contributed by atoms with Crippen molar-refractivity contribution in [2.45, 2.75) is 18.8 Å². The molecule has 0 aliphatic heterocycles. The molecule has 0 atom stereocenters. The van der Waals surface area contributed by atoms with E-state index in [4.69, 9.17) is 0 Å². The van der Waals surface area contributed by atoms with Crippen LogP contribution in [-0.2, 0) is 0 Å². The standard InChI is InChI=1S/C14H11FN4O/c15-9-3-4-12-16-6-11(19(12)7-9)13-17-5-10(8-1-2-8)14(20)18-13/h3-8H,1-2H2,(H,17,18,20). The van der Waals surface area contributed by atoms with Gasteiger partial charge in [-0.3, -0.25) is 4.40 Å². The van der Waals surface area contributed by atoms with Crippen LogP contribution in [0.3, 0.4) is 0 Å². The highest BCUT2D eigenvalue weighted by molar-refractivity contribution is 5.57. The lowest BCUT2D eigenvalue weighted by Crippen LogP contribution is -1.96. The van der Waals surface area contributed by atoms with Gasteiger partial charge in [0.25, 0.3) is 0 Å². The Balaban J connectivity index is 1.86. The van der Waals surface area contributed by atoms with Crippen LogP contribution < -0.4 is 0 Å². The summed E-state index contributed by atoms with van der Waals surface area (Å²) < 4.78 is 14.9. The van der Waals surface area contributed by atoms with Crippen molar-refractivity contribution in [3.8, 4) is 17.4 Å². The molecule has 3 heterocycles. The van der Waals surface area contributed by atoms with Gasteiger partial charge in [-0.1, -0.05) is 0 Å². The predicted molar refractivity (Wildman–Crippen MR) is 69.8 cm³/mol. The zero-order valence-corrected chi connectivity index (χ0v) is 10.5. The number of fused-ring (bicyclic) bond motifs is 1. The van der Waals surface area contributed by atoms with Crippen molar-refractivity contribution in [2.24, 2.45) is 0 Å². The van der Waals surface area contributed by atoms with E-state index >= 15 is 0 Å². The number of nitrogens with zero attached hydrogens (tertiary/aromatic N) is 4. The first-order valence-electron chi connectivity index (χ1n) is 6.41. The summed E-state index contributed by atoms with van der Waals surface area (Å²) in [5.74, 6) is 0.355. The van der Waals surface area contributed by atoms with Crippen LogP contribution in [0.15, 0.2) is 30.7 Å². The van der Waals surface area contributed by atoms with Crippen LogP contribution in [0.5, 0.6) is 5.88 Å². The van der Waals surface area contributed by atoms with Gasteiger partial charge in [-0.2, -0.15) is 4.98 Å². The monoisotopic (exact) mass is 270 g/mol. The Kier molecular flexibility index (Phi) is 2.26. The van der Waals surface area contributed by atoms with Gasteiger partial charge in [0.05, 0.1) is 6.20 Å². The molecule has 3 aromatic heterocycles. The van der Waals surface area contributed by atoms with Crippen LogP contribution in [0.2, 0.25) is 0 Å². The molecule has 4 rings (SSSR count). The van der Waals surface area contributed by atoms with E-state index in [1.165, 1.54) is 12.3 Å². The second-order valence-corrected chi connectivity index (χ2v) is 4.97. The highest BCUT2D eigenvalue weighted by atomic mass is 19.1. The summed E-state index contributed by atoms with van der Waals surface area (Å²) in [6, 6.07) is 2.93. The number of hydrogen-bond acceptors (Lipinski definition) is 4. The molecule has 0 spiro atoms. The molecular formula is C14H11FN4O. The first-order valence-corrected chi connectivity index (χ1v) is 6.41. The molecule has 6 heteroatoms. The van der Waals surface area contributed by atoms with E-state index in [2.05, 4.69) is 15.0 Å². The van der Waals surface area contributed by atoms with Crippen LogP contribution in [0, 0.1) is 5.82 Å². The van der Waals surface area contributed by atoms with Crippen molar-refractivity contribution in [1.82, 2.24) is 19.4 Å². The third kappa shape index (κ3) is 1.72. The molecular weight excluding hydrogens is 259 g/mol. The molecule has 1 N–H and O–H groups in total. The number of imidazole rings is 1. The van der Waals surface area contributed by atoms with E-state index in [1.54, 1.807) is 22.9 Å². The molecule has 3 aromatic rings. The Morgan fingerprint density at radius 1 is 1.20 bits per heavy atom. The fourth-order valence-electron chi connectivity index (χ4n) is 2.31. The molecule has 1 fully saturated rings. The zero-order chi connectivity index (χ0) is 13.7. The number of halogens is 1. The van der Waals surface area contributed by atoms with E-state index in [-0.39, 0.29) is 11.7 Å². The van der Waals surface area contributed by atoms with Crippen LogP contribution in [0.1, 0.15) is 24.3 Å². The Bertz CT molecular complexity index is 810. The van der Waals surface area contributed by atoms with E-state index in [0.717, 1.165) is 18.4 Å². The SMILES string of the molecule is Oc1nc(-c2cnc3ccc(F)cn23)ncc1C1CC1. The zero-order valence-electron chi connectivity index (χ0n) is 10.5. The normalized spacial score (nSPS) is 14.8. The maximum Gasteiger partial charge on any atom is 0.218 e. The second kappa shape index (κ2) is 4.00. The molecule has 1 saturated carbocycles. The lowest BCUT2D eigenvalue weighted by molar-refractivity contribution is 0.445. The molecule has 0 unspecified atom stereocenters. The Morgan fingerprint density at radius 2 is 2.05 bits per heavy atom. The molecule has 0 aromatic carbocycles. The largest absolute Gasteiger partial charge is 0.493 e. The number of hydrogen-bond donors (Lipinski definition) is 1. The molecule has 1 aliphatic carbocycles. The smallest absolute Gasteiger partial charge is 0.218 e. The van der Waals surface area contributed by atoms with Gasteiger partial charge in [0, 0.05) is 18.0 Å². The van der Waals surface area contributed by atoms with Crippen molar-refractivity contribution in [2.75, 3.05) is 0 Å². The summed E-state index contributed by atoms with van der Waals surface area (Å²) in [5.41, 5.74) is 1.95. The van der Waals surface area contributed by atoms with Gasteiger partial charge < -0.3 is 5.11 Å². The van der Waals surface area contributed by atoms with Crippen molar-refractivity contribution >= 4 is 5.65 Å². The Morgan fingerprint density at radius 3 is 2.80 bits per heavy atom. The average Bonchev–Trinajstić information content (AvgIpc) is 3.18. The van der Waals surface area contributed by atoms with Crippen LogP contribution in [0.4, 0.5) is 4.39 Å². The van der Waals surface area contributed by atoms with Crippen molar-refractivity contribution in [3.63, 3.8) is 0 Å². The maximum atomic E-state index is 13.3. The summed E-state index contributed by atoms with van der Waals surface area (Å²) in [6.07, 6.45) is 6.68. The number of aromatic nitrogens is 4. The van der Waals surface area contributed by atoms with Gasteiger partial charge in [0.1, 0.15) is 17.2 Å². The lowest BCUT2D eigenvalue weighted by Gasteiger charge is -2.04. The Labute approximate surface area is 113 Å². The Hall–Kier alpha value is -2.50. The highest BCUT2D eigenvalue weighted by Crippen LogP contribution is 2.43. The first-order chi connectivity index (χ1) is 9.72. The molecule has 100 valence electrons. The van der Waals surface area contributed by atoms with Gasteiger partial charge in [0.2, 0.25) is 5.88 Å². The number of rotatable bonds is 2. The fraction of sp³-hybridized carbons (Fsp3) is 0.214. The van der Waals surface area contributed by atoms with Gasteiger partial charge in [-0.25, -0.2) is 14.4 Å². The average molecular weight is 270 g/mol. The molecule has 0 radical (unpaired) electrons. The minimum Gasteiger partial charge on any atom is -0.493 e. The van der Waals surface area contributed by atoms with Gasteiger partial charge >= 0.3 is 0 Å². The van der Waals surface area contributed by atoms with E-state index in [1.807, 2.05) is 0 Å². The van der Waals surface area contributed by atoms with Crippen LogP contribution >= 0.6 is 0 Å². The third-order valence-electron chi connectivity index (χ3n) is 3.51. The third-order valence-corrected chi connectivity index (χ3v) is 3.51. The van der Waals surface area contributed by atoms with Crippen LogP contribution in [0.25, 0.3) is 17.2 Å². The minimum atomic E-state index is -0.365. The topological polar surface area (TPSA) is 63.3 Å². The molecule has 0 saturated heterocycles. The molecule has 1 aliphatic rings. The highest BCUT2D eigenvalue weighted by Gasteiger charge is 2.28. The maximum absolute atomic E-state index is 13.3. The molecule has 0 bridgehead atoms. The van der Waals surface area contributed by atoms with Gasteiger partial charge in [-0.15, -0.1) is 0 Å². The predicted octanol–water partition coefficient (Wildman–Crippen LogP) is 2.51. The van der Waals surface area contributed by atoms with E-state index in [0.29, 0.717) is 23.1 Å². The summed E-state index contributed by atoms with van der Waals surface area (Å²) in [7, 11) is 0.